The van der Waals surface area contributed by atoms with Gasteiger partial charge in [0.25, 0.3) is 0 Å². The summed E-state index contributed by atoms with van der Waals surface area (Å²) in [4.78, 5) is 58.9. The molecule has 7 unspecified atom stereocenters. The van der Waals surface area contributed by atoms with E-state index >= 15 is 0 Å². The second kappa shape index (κ2) is 14.5. The van der Waals surface area contributed by atoms with Crippen molar-refractivity contribution in [1.82, 2.24) is 0 Å². The molecule has 0 bridgehead atoms. The Morgan fingerprint density at radius 1 is 0.854 bits per heavy atom. The van der Waals surface area contributed by atoms with Crippen molar-refractivity contribution in [2.45, 2.75) is 118 Å². The molecule has 0 aromatic rings. The zero-order valence-electron chi connectivity index (χ0n) is 25.1. The summed E-state index contributed by atoms with van der Waals surface area (Å²) in [5.41, 5.74) is 1.50. The standard InChI is InChI=1S/C29H40O12/c1-15-12-22(37-18(4)31)13-29(8,9)23(15)11-10-16(2)36-28-27(40-21(7)34)26(39-20(6)33)25(38-19(5)32)24(41-28)14-35-17(3)30/h16,22,24-28H,12-14H2,1-9H3. The van der Waals surface area contributed by atoms with Crippen LogP contribution in [0.15, 0.2) is 11.1 Å². The van der Waals surface area contributed by atoms with E-state index in [4.69, 9.17) is 33.2 Å². The average Bonchev–Trinajstić information content (AvgIpc) is 2.79. The SMILES string of the molecule is CC(=O)OCC1OC(OC(C)C#CC2=C(C)CC(OC(C)=O)CC2(C)C)C(OC(C)=O)C(OC(C)=O)C1OC(C)=O. The van der Waals surface area contributed by atoms with Crippen LogP contribution < -0.4 is 0 Å². The van der Waals surface area contributed by atoms with Gasteiger partial charge in [0.2, 0.25) is 6.29 Å². The molecule has 12 heteroatoms. The quantitative estimate of drug-likeness (QED) is 0.236. The van der Waals surface area contributed by atoms with Crippen LogP contribution >= 0.6 is 0 Å². The number of esters is 5. The molecule has 1 aliphatic heterocycles. The summed E-state index contributed by atoms with van der Waals surface area (Å²) in [6, 6.07) is 0. The van der Waals surface area contributed by atoms with Crippen LogP contribution in [0.4, 0.5) is 0 Å². The smallest absolute Gasteiger partial charge is 0.303 e. The van der Waals surface area contributed by atoms with E-state index in [-0.39, 0.29) is 24.1 Å². The van der Waals surface area contributed by atoms with Gasteiger partial charge in [0.05, 0.1) is 0 Å². The normalized spacial score (nSPS) is 27.8. The van der Waals surface area contributed by atoms with Crippen molar-refractivity contribution in [3.05, 3.63) is 11.1 Å². The Balaban J connectivity index is 2.39. The average molecular weight is 581 g/mol. The zero-order chi connectivity index (χ0) is 31.1. The molecule has 0 radical (unpaired) electrons. The van der Waals surface area contributed by atoms with E-state index in [1.165, 1.54) is 13.8 Å². The van der Waals surface area contributed by atoms with Crippen molar-refractivity contribution < 1.29 is 57.1 Å². The summed E-state index contributed by atoms with van der Waals surface area (Å²) < 4.78 is 38.7. The summed E-state index contributed by atoms with van der Waals surface area (Å²) in [6.45, 7) is 13.3. The third-order valence-electron chi connectivity index (χ3n) is 6.39. The van der Waals surface area contributed by atoms with Gasteiger partial charge in [-0.25, -0.2) is 0 Å². The minimum absolute atomic E-state index is 0.237. The van der Waals surface area contributed by atoms with Crippen LogP contribution in [0.2, 0.25) is 0 Å². The number of rotatable bonds is 8. The molecule has 41 heavy (non-hydrogen) atoms. The molecular formula is C29H40O12. The fourth-order valence-corrected chi connectivity index (χ4v) is 5.07. The molecule has 2 rings (SSSR count). The number of hydrogen-bond acceptors (Lipinski definition) is 12. The largest absolute Gasteiger partial charge is 0.463 e. The number of carbonyl (C=O) groups excluding carboxylic acids is 5. The van der Waals surface area contributed by atoms with Crippen LogP contribution in [0.1, 0.15) is 75.2 Å². The maximum atomic E-state index is 12.0. The van der Waals surface area contributed by atoms with Gasteiger partial charge in [-0.05, 0) is 20.3 Å². The highest BCUT2D eigenvalue weighted by Crippen LogP contribution is 2.41. The van der Waals surface area contributed by atoms with Crippen molar-refractivity contribution in [2.24, 2.45) is 5.41 Å². The molecule has 7 atom stereocenters. The molecule has 1 fully saturated rings. The van der Waals surface area contributed by atoms with E-state index in [2.05, 4.69) is 11.8 Å². The molecule has 0 saturated carbocycles. The van der Waals surface area contributed by atoms with Gasteiger partial charge >= 0.3 is 29.8 Å². The highest BCUT2D eigenvalue weighted by molar-refractivity contribution is 5.69. The first-order chi connectivity index (χ1) is 19.0. The van der Waals surface area contributed by atoms with Crippen LogP contribution in [0.25, 0.3) is 0 Å². The van der Waals surface area contributed by atoms with E-state index in [9.17, 15) is 24.0 Å². The summed E-state index contributed by atoms with van der Waals surface area (Å²) in [5, 5.41) is 0. The van der Waals surface area contributed by atoms with Crippen molar-refractivity contribution in [3.8, 4) is 11.8 Å². The molecule has 0 aromatic carbocycles. The molecule has 228 valence electrons. The fourth-order valence-electron chi connectivity index (χ4n) is 5.07. The first kappa shape index (κ1) is 33.8. The lowest BCUT2D eigenvalue weighted by Gasteiger charge is -2.44. The first-order valence-electron chi connectivity index (χ1n) is 13.3. The Kier molecular flexibility index (Phi) is 11.9. The molecule has 0 aromatic heterocycles. The lowest BCUT2D eigenvalue weighted by Crippen LogP contribution is -2.63. The number of carbonyl (C=O) groups is 5. The molecule has 12 nitrogen and oxygen atoms in total. The molecule has 2 aliphatic rings. The third-order valence-corrected chi connectivity index (χ3v) is 6.39. The topological polar surface area (TPSA) is 150 Å². The Morgan fingerprint density at radius 3 is 1.90 bits per heavy atom. The van der Waals surface area contributed by atoms with E-state index in [0.29, 0.717) is 12.8 Å². The molecule has 1 heterocycles. The van der Waals surface area contributed by atoms with Crippen LogP contribution in [-0.2, 0) is 57.1 Å². The Hall–Kier alpha value is -3.43. The maximum Gasteiger partial charge on any atom is 0.303 e. The van der Waals surface area contributed by atoms with Crippen LogP contribution in [-0.4, -0.2) is 79.4 Å². The Morgan fingerprint density at radius 2 is 1.39 bits per heavy atom. The van der Waals surface area contributed by atoms with E-state index in [1.807, 2.05) is 20.8 Å². The van der Waals surface area contributed by atoms with E-state index < -0.39 is 60.7 Å². The molecule has 0 N–H and O–H groups in total. The highest BCUT2D eigenvalue weighted by Gasteiger charge is 2.53. The second-order valence-corrected chi connectivity index (χ2v) is 10.8. The van der Waals surface area contributed by atoms with Gasteiger partial charge in [0.1, 0.15) is 24.9 Å². The summed E-state index contributed by atoms with van der Waals surface area (Å²) >= 11 is 0. The van der Waals surface area contributed by atoms with Crippen molar-refractivity contribution in [1.29, 1.82) is 0 Å². The van der Waals surface area contributed by atoms with Gasteiger partial charge in [-0.15, -0.1) is 0 Å². The van der Waals surface area contributed by atoms with E-state index in [0.717, 1.165) is 31.9 Å². The number of ether oxygens (including phenoxy) is 7. The third kappa shape index (κ3) is 10.2. The minimum atomic E-state index is -1.34. The van der Waals surface area contributed by atoms with Gasteiger partial charge in [0, 0.05) is 52.0 Å². The maximum absolute atomic E-state index is 12.0. The molecule has 0 spiro atoms. The fraction of sp³-hybridized carbons (Fsp3) is 0.690. The van der Waals surface area contributed by atoms with Gasteiger partial charge < -0.3 is 33.2 Å². The van der Waals surface area contributed by atoms with Crippen LogP contribution in [0, 0.1) is 17.3 Å². The summed E-state index contributed by atoms with van der Waals surface area (Å²) in [6.07, 6.45) is -6.26. The van der Waals surface area contributed by atoms with Crippen molar-refractivity contribution >= 4 is 29.8 Å². The molecular weight excluding hydrogens is 540 g/mol. The number of hydrogen-bond donors (Lipinski definition) is 0. The first-order valence-corrected chi connectivity index (χ1v) is 13.3. The summed E-state index contributed by atoms with van der Waals surface area (Å²) in [5.74, 6) is 3.09. The van der Waals surface area contributed by atoms with Crippen molar-refractivity contribution in [3.63, 3.8) is 0 Å². The van der Waals surface area contributed by atoms with Crippen molar-refractivity contribution in [2.75, 3.05) is 6.61 Å². The van der Waals surface area contributed by atoms with Gasteiger partial charge in [-0.2, -0.15) is 0 Å². The van der Waals surface area contributed by atoms with Crippen LogP contribution in [0.3, 0.4) is 0 Å². The molecule has 1 aliphatic carbocycles. The lowest BCUT2D eigenvalue weighted by molar-refractivity contribution is -0.312. The highest BCUT2D eigenvalue weighted by atomic mass is 16.7. The second-order valence-electron chi connectivity index (χ2n) is 10.8. The lowest BCUT2D eigenvalue weighted by atomic mass is 9.72. The molecule has 0 amide bonds. The van der Waals surface area contributed by atoms with E-state index in [1.54, 1.807) is 6.92 Å². The predicted octanol–water partition coefficient (Wildman–Crippen LogP) is 2.55. The molecule has 1 saturated heterocycles. The van der Waals surface area contributed by atoms with Crippen LogP contribution in [0.5, 0.6) is 0 Å². The van der Waals surface area contributed by atoms with Gasteiger partial charge in [-0.3, -0.25) is 24.0 Å². The Bertz CT molecular complexity index is 1110. The summed E-state index contributed by atoms with van der Waals surface area (Å²) in [7, 11) is 0. The minimum Gasteiger partial charge on any atom is -0.463 e. The van der Waals surface area contributed by atoms with Gasteiger partial charge in [-0.1, -0.05) is 31.3 Å². The Labute approximate surface area is 240 Å². The predicted molar refractivity (Wildman–Crippen MR) is 142 cm³/mol. The monoisotopic (exact) mass is 580 g/mol. The number of allylic oxidation sites excluding steroid dienone is 1. The van der Waals surface area contributed by atoms with Gasteiger partial charge in [0.15, 0.2) is 18.3 Å². The zero-order valence-corrected chi connectivity index (χ0v) is 25.1.